The lowest BCUT2D eigenvalue weighted by Gasteiger charge is -2.45. The normalized spacial score (nSPS) is 27.6. The van der Waals surface area contributed by atoms with Crippen molar-refractivity contribution in [3.8, 4) is 5.75 Å². The van der Waals surface area contributed by atoms with E-state index >= 15 is 0 Å². The molecule has 5 heteroatoms. The van der Waals surface area contributed by atoms with E-state index in [2.05, 4.69) is 15.5 Å². The summed E-state index contributed by atoms with van der Waals surface area (Å²) < 4.78 is 5.34. The molecule has 0 saturated carbocycles. The van der Waals surface area contributed by atoms with Gasteiger partial charge in [-0.05, 0) is 50.0 Å². The maximum atomic E-state index is 6.03. The van der Waals surface area contributed by atoms with Crippen LogP contribution in [0.25, 0.3) is 0 Å². The molecule has 3 aliphatic heterocycles. The molecule has 4 rings (SSSR count). The summed E-state index contributed by atoms with van der Waals surface area (Å²) in [5.41, 5.74) is 0.959. The van der Waals surface area contributed by atoms with Crippen LogP contribution in [0, 0.1) is 5.92 Å². The molecule has 1 unspecified atom stereocenters. The Morgan fingerprint density at radius 1 is 1.29 bits per heavy atom. The average molecular weight is 310 g/mol. The molecule has 3 heterocycles. The average Bonchev–Trinajstić information content (AvgIpc) is 2.53. The van der Waals surface area contributed by atoms with Crippen molar-refractivity contribution < 1.29 is 4.74 Å². The molecule has 21 heavy (non-hydrogen) atoms. The van der Waals surface area contributed by atoms with Crippen molar-refractivity contribution in [1.82, 2.24) is 10.2 Å². The van der Waals surface area contributed by atoms with Gasteiger partial charge in [0.1, 0.15) is 5.75 Å². The number of methoxy groups -OCH3 is 1. The summed E-state index contributed by atoms with van der Waals surface area (Å²) in [4.78, 5) is 2.57. The highest BCUT2D eigenvalue weighted by Crippen LogP contribution is 2.28. The van der Waals surface area contributed by atoms with Crippen molar-refractivity contribution in [3.63, 3.8) is 0 Å². The van der Waals surface area contributed by atoms with E-state index in [9.17, 15) is 0 Å². The number of rotatable bonds is 6. The fourth-order valence-corrected chi connectivity index (χ4v) is 3.64. The predicted octanol–water partition coefficient (Wildman–Crippen LogP) is 2.44. The fourth-order valence-electron chi connectivity index (χ4n) is 3.47. The summed E-state index contributed by atoms with van der Waals surface area (Å²) in [7, 11) is 1.68. The third-order valence-electron chi connectivity index (χ3n) is 4.66. The standard InChI is InChI=1S/C16H24ClN3O/c1-21-16-3-2-13(17)10-14(16)18-6-7-19-15-11-20-8-4-12(15)5-9-20/h2-3,10,12,15,18-19H,4-9,11H2,1H3. The zero-order valence-electron chi connectivity index (χ0n) is 12.6. The molecule has 1 aromatic rings. The lowest BCUT2D eigenvalue weighted by Crippen LogP contribution is -2.56. The molecule has 2 bridgehead atoms. The van der Waals surface area contributed by atoms with Crippen LogP contribution >= 0.6 is 11.6 Å². The van der Waals surface area contributed by atoms with E-state index in [1.165, 1.54) is 32.5 Å². The molecule has 116 valence electrons. The maximum absolute atomic E-state index is 6.03. The Balaban J connectivity index is 1.45. The largest absolute Gasteiger partial charge is 0.495 e. The molecule has 3 saturated heterocycles. The number of benzene rings is 1. The predicted molar refractivity (Wildman–Crippen MR) is 87.4 cm³/mol. The first kappa shape index (κ1) is 14.9. The van der Waals surface area contributed by atoms with Crippen molar-refractivity contribution in [1.29, 1.82) is 0 Å². The number of hydrogen-bond acceptors (Lipinski definition) is 4. The molecule has 0 radical (unpaired) electrons. The van der Waals surface area contributed by atoms with Gasteiger partial charge in [0, 0.05) is 30.7 Å². The van der Waals surface area contributed by atoms with Gasteiger partial charge in [-0.15, -0.1) is 0 Å². The van der Waals surface area contributed by atoms with E-state index < -0.39 is 0 Å². The van der Waals surface area contributed by atoms with Gasteiger partial charge in [-0.25, -0.2) is 0 Å². The van der Waals surface area contributed by atoms with Crippen LogP contribution in [0.4, 0.5) is 5.69 Å². The second-order valence-corrected chi connectivity index (χ2v) is 6.41. The minimum Gasteiger partial charge on any atom is -0.495 e. The van der Waals surface area contributed by atoms with Gasteiger partial charge < -0.3 is 20.3 Å². The molecule has 3 fully saturated rings. The van der Waals surface area contributed by atoms with Crippen molar-refractivity contribution in [3.05, 3.63) is 23.2 Å². The molecule has 4 nitrogen and oxygen atoms in total. The first-order valence-corrected chi connectivity index (χ1v) is 8.17. The Morgan fingerprint density at radius 3 is 2.76 bits per heavy atom. The van der Waals surface area contributed by atoms with E-state index in [0.29, 0.717) is 6.04 Å². The number of halogens is 1. The maximum Gasteiger partial charge on any atom is 0.142 e. The number of piperidine rings is 3. The Bertz CT molecular complexity index is 475. The van der Waals surface area contributed by atoms with Gasteiger partial charge in [0.2, 0.25) is 0 Å². The van der Waals surface area contributed by atoms with E-state index in [1.807, 2.05) is 18.2 Å². The second kappa shape index (κ2) is 6.86. The van der Waals surface area contributed by atoms with Gasteiger partial charge in [0.25, 0.3) is 0 Å². The molecule has 0 aliphatic carbocycles. The van der Waals surface area contributed by atoms with Gasteiger partial charge in [-0.3, -0.25) is 0 Å². The molecule has 0 amide bonds. The third-order valence-corrected chi connectivity index (χ3v) is 4.90. The molecular weight excluding hydrogens is 286 g/mol. The summed E-state index contributed by atoms with van der Waals surface area (Å²) in [6, 6.07) is 6.31. The highest BCUT2D eigenvalue weighted by Gasteiger charge is 2.33. The molecule has 1 aromatic carbocycles. The molecule has 0 aromatic heterocycles. The minimum atomic E-state index is 0.663. The summed E-state index contributed by atoms with van der Waals surface area (Å²) in [6.45, 7) is 5.64. The number of nitrogens with zero attached hydrogens (tertiary/aromatic N) is 1. The van der Waals surface area contributed by atoms with Crippen molar-refractivity contribution >= 4 is 17.3 Å². The van der Waals surface area contributed by atoms with Gasteiger partial charge in [0.15, 0.2) is 0 Å². The molecule has 3 aliphatic rings. The van der Waals surface area contributed by atoms with Crippen molar-refractivity contribution in [2.45, 2.75) is 18.9 Å². The SMILES string of the molecule is COc1ccc(Cl)cc1NCCNC1CN2CCC1CC2. The number of fused-ring (bicyclic) bond motifs is 3. The Hall–Kier alpha value is -0.970. The molecule has 0 spiro atoms. The number of nitrogens with one attached hydrogen (secondary N) is 2. The van der Waals surface area contributed by atoms with E-state index in [-0.39, 0.29) is 0 Å². The van der Waals surface area contributed by atoms with Crippen LogP contribution in [0.15, 0.2) is 18.2 Å². The second-order valence-electron chi connectivity index (χ2n) is 5.97. The Labute approximate surface area is 131 Å². The van der Waals surface area contributed by atoms with Gasteiger partial charge >= 0.3 is 0 Å². The monoisotopic (exact) mass is 309 g/mol. The molecule has 1 atom stereocenters. The highest BCUT2D eigenvalue weighted by molar-refractivity contribution is 6.30. The van der Waals surface area contributed by atoms with Gasteiger partial charge in [-0.2, -0.15) is 0 Å². The molecular formula is C16H24ClN3O. The van der Waals surface area contributed by atoms with Crippen LogP contribution in [0.2, 0.25) is 5.02 Å². The first-order valence-electron chi connectivity index (χ1n) is 7.79. The smallest absolute Gasteiger partial charge is 0.142 e. The fraction of sp³-hybridized carbons (Fsp3) is 0.625. The van der Waals surface area contributed by atoms with E-state index in [0.717, 1.165) is 35.5 Å². The quantitative estimate of drug-likeness (QED) is 0.792. The zero-order chi connectivity index (χ0) is 14.7. The minimum absolute atomic E-state index is 0.663. The van der Waals surface area contributed by atoms with Crippen LogP contribution < -0.4 is 15.4 Å². The number of ether oxygens (including phenoxy) is 1. The van der Waals surface area contributed by atoms with Crippen LogP contribution in [-0.4, -0.2) is 50.8 Å². The summed E-state index contributed by atoms with van der Waals surface area (Å²) in [5.74, 6) is 1.71. The van der Waals surface area contributed by atoms with Crippen molar-refractivity contribution in [2.75, 3.05) is 45.2 Å². The van der Waals surface area contributed by atoms with Crippen LogP contribution in [0.5, 0.6) is 5.75 Å². The van der Waals surface area contributed by atoms with Gasteiger partial charge in [0.05, 0.1) is 12.8 Å². The first-order chi connectivity index (χ1) is 10.3. The van der Waals surface area contributed by atoms with Crippen LogP contribution in [0.3, 0.4) is 0 Å². The van der Waals surface area contributed by atoms with Crippen LogP contribution in [-0.2, 0) is 0 Å². The summed E-state index contributed by atoms with van der Waals surface area (Å²) >= 11 is 6.03. The van der Waals surface area contributed by atoms with E-state index in [1.54, 1.807) is 7.11 Å². The Morgan fingerprint density at radius 2 is 2.10 bits per heavy atom. The topological polar surface area (TPSA) is 36.5 Å². The zero-order valence-corrected chi connectivity index (χ0v) is 13.3. The summed E-state index contributed by atoms with van der Waals surface area (Å²) in [5, 5.41) is 7.83. The lowest BCUT2D eigenvalue weighted by atomic mass is 9.84. The van der Waals surface area contributed by atoms with E-state index in [4.69, 9.17) is 16.3 Å². The number of anilines is 1. The lowest BCUT2D eigenvalue weighted by molar-refractivity contribution is 0.0735. The highest BCUT2D eigenvalue weighted by atomic mass is 35.5. The van der Waals surface area contributed by atoms with Crippen LogP contribution in [0.1, 0.15) is 12.8 Å². The molecule has 2 N–H and O–H groups in total. The summed E-state index contributed by atoms with van der Waals surface area (Å²) in [6.07, 6.45) is 2.71. The van der Waals surface area contributed by atoms with Gasteiger partial charge in [-0.1, -0.05) is 11.6 Å². The number of hydrogen-bond donors (Lipinski definition) is 2. The third kappa shape index (κ3) is 3.62. The van der Waals surface area contributed by atoms with Crippen molar-refractivity contribution in [2.24, 2.45) is 5.92 Å². The Kier molecular flexibility index (Phi) is 4.88.